The first-order chi connectivity index (χ1) is 7.34. The van der Waals surface area contributed by atoms with E-state index < -0.39 is 17.7 Å². The Kier molecular flexibility index (Phi) is 3.92. The van der Waals surface area contributed by atoms with Gasteiger partial charge in [-0.15, -0.1) is 0 Å². The summed E-state index contributed by atoms with van der Waals surface area (Å²) in [5, 5.41) is 8.87. The summed E-state index contributed by atoms with van der Waals surface area (Å²) in [6.45, 7) is 5.19. The van der Waals surface area contributed by atoms with Crippen LogP contribution < -0.4 is 0 Å². The zero-order chi connectivity index (χ0) is 12.5. The van der Waals surface area contributed by atoms with Gasteiger partial charge in [-0.3, -0.25) is 4.79 Å². The topological polar surface area (TPSA) is 37.3 Å². The Morgan fingerprint density at radius 1 is 1.56 bits per heavy atom. The Hall–Kier alpha value is -1.09. The number of hydrogen-bond acceptors (Lipinski definition) is 1. The normalized spacial score (nSPS) is 12.6. The van der Waals surface area contributed by atoms with Crippen LogP contribution in [0.4, 0.5) is 4.39 Å². The van der Waals surface area contributed by atoms with Crippen molar-refractivity contribution in [3.8, 4) is 0 Å². The molecule has 4 heteroatoms. The average molecular weight is 245 g/mol. The van der Waals surface area contributed by atoms with Gasteiger partial charge in [-0.2, -0.15) is 0 Å². The molecule has 0 bridgehead atoms. The first-order valence-electron chi connectivity index (χ1n) is 5.01. The second-order valence-electron chi connectivity index (χ2n) is 4.04. The van der Waals surface area contributed by atoms with Crippen LogP contribution in [0.25, 0.3) is 0 Å². The van der Waals surface area contributed by atoms with E-state index in [2.05, 4.69) is 0 Å². The summed E-state index contributed by atoms with van der Waals surface area (Å²) in [6.07, 6.45) is 0.249. The summed E-state index contributed by atoms with van der Waals surface area (Å²) < 4.78 is 13.4. The molecule has 1 atom stereocenters. The molecule has 0 radical (unpaired) electrons. The summed E-state index contributed by atoms with van der Waals surface area (Å²) in [5.74, 6) is -1.97. The van der Waals surface area contributed by atoms with Crippen molar-refractivity contribution >= 4 is 17.6 Å². The summed E-state index contributed by atoms with van der Waals surface area (Å²) in [4.78, 5) is 10.8. The monoisotopic (exact) mass is 244 g/mol. The van der Waals surface area contributed by atoms with Crippen LogP contribution in [-0.2, 0) is 11.2 Å². The summed E-state index contributed by atoms with van der Waals surface area (Å²) in [7, 11) is 0. The number of rotatable bonds is 3. The SMILES string of the molecule is Cc1cc(F)c(Cl)c(CC(C)C(=O)O)c1C. The standard InChI is InChI=1S/C12H14ClFO2/c1-6-5-10(14)11(13)9(8(6)3)4-7(2)12(15)16/h5,7H,4H2,1-3H3,(H,15,16). The fourth-order valence-corrected chi connectivity index (χ4v) is 1.82. The van der Waals surface area contributed by atoms with E-state index in [1.165, 1.54) is 6.07 Å². The van der Waals surface area contributed by atoms with Crippen molar-refractivity contribution in [1.29, 1.82) is 0 Å². The predicted octanol–water partition coefficient (Wildman–Crippen LogP) is 3.36. The van der Waals surface area contributed by atoms with Gasteiger partial charge in [-0.1, -0.05) is 18.5 Å². The number of halogens is 2. The van der Waals surface area contributed by atoms with Crippen molar-refractivity contribution in [2.45, 2.75) is 27.2 Å². The molecule has 1 rings (SSSR count). The third kappa shape index (κ3) is 2.53. The Morgan fingerprint density at radius 3 is 2.62 bits per heavy atom. The number of aliphatic carboxylic acids is 1. The maximum absolute atomic E-state index is 13.4. The molecule has 2 nitrogen and oxygen atoms in total. The second-order valence-corrected chi connectivity index (χ2v) is 4.41. The number of hydrogen-bond donors (Lipinski definition) is 1. The van der Waals surface area contributed by atoms with Crippen molar-refractivity contribution in [2.75, 3.05) is 0 Å². The molecule has 1 unspecified atom stereocenters. The van der Waals surface area contributed by atoms with Crippen molar-refractivity contribution < 1.29 is 14.3 Å². The molecule has 88 valence electrons. The minimum atomic E-state index is -0.905. The minimum Gasteiger partial charge on any atom is -0.481 e. The molecule has 0 heterocycles. The zero-order valence-electron chi connectivity index (χ0n) is 9.47. The van der Waals surface area contributed by atoms with Crippen LogP contribution in [0, 0.1) is 25.6 Å². The van der Waals surface area contributed by atoms with Gasteiger partial charge in [0, 0.05) is 0 Å². The van der Waals surface area contributed by atoms with Crippen LogP contribution in [0.1, 0.15) is 23.6 Å². The first-order valence-corrected chi connectivity index (χ1v) is 5.39. The molecule has 0 aliphatic heterocycles. The van der Waals surface area contributed by atoms with Crippen LogP contribution in [0.3, 0.4) is 0 Å². The van der Waals surface area contributed by atoms with Crippen molar-refractivity contribution in [3.63, 3.8) is 0 Å². The van der Waals surface area contributed by atoms with Crippen molar-refractivity contribution in [3.05, 3.63) is 33.6 Å². The maximum atomic E-state index is 13.4. The molecular formula is C12H14ClFO2. The van der Waals surface area contributed by atoms with E-state index in [0.717, 1.165) is 11.1 Å². The number of benzene rings is 1. The molecule has 16 heavy (non-hydrogen) atoms. The zero-order valence-corrected chi connectivity index (χ0v) is 10.2. The molecule has 0 aliphatic carbocycles. The molecule has 1 aromatic rings. The molecule has 0 amide bonds. The molecule has 1 N–H and O–H groups in total. The van der Waals surface area contributed by atoms with Crippen LogP contribution in [0.2, 0.25) is 5.02 Å². The van der Waals surface area contributed by atoms with Crippen LogP contribution in [0.15, 0.2) is 6.07 Å². The highest BCUT2D eigenvalue weighted by molar-refractivity contribution is 6.31. The van der Waals surface area contributed by atoms with Gasteiger partial charge in [0.2, 0.25) is 0 Å². The fourth-order valence-electron chi connectivity index (χ4n) is 1.54. The molecule has 0 spiro atoms. The van der Waals surface area contributed by atoms with Gasteiger partial charge in [-0.25, -0.2) is 4.39 Å². The van der Waals surface area contributed by atoms with E-state index in [1.807, 2.05) is 6.92 Å². The molecule has 0 aromatic heterocycles. The number of aryl methyl sites for hydroxylation is 1. The molecular weight excluding hydrogens is 231 g/mol. The van der Waals surface area contributed by atoms with Crippen LogP contribution in [0.5, 0.6) is 0 Å². The Balaban J connectivity index is 3.17. The summed E-state index contributed by atoms with van der Waals surface area (Å²) in [6, 6.07) is 1.37. The number of carbonyl (C=O) groups is 1. The van der Waals surface area contributed by atoms with Gasteiger partial charge >= 0.3 is 5.97 Å². The number of carboxylic acid groups (broad SMARTS) is 1. The van der Waals surface area contributed by atoms with E-state index >= 15 is 0 Å². The van der Waals surface area contributed by atoms with Gasteiger partial charge in [-0.05, 0) is 43.0 Å². The fraction of sp³-hybridized carbons (Fsp3) is 0.417. The second kappa shape index (κ2) is 4.83. The smallest absolute Gasteiger partial charge is 0.306 e. The average Bonchev–Trinajstić information content (AvgIpc) is 2.21. The highest BCUT2D eigenvalue weighted by atomic mass is 35.5. The van der Waals surface area contributed by atoms with Crippen molar-refractivity contribution in [1.82, 2.24) is 0 Å². The third-order valence-electron chi connectivity index (χ3n) is 2.79. The number of carboxylic acids is 1. The Labute approximate surface area is 99.0 Å². The Bertz CT molecular complexity index is 403. The lowest BCUT2D eigenvalue weighted by atomic mass is 9.94. The summed E-state index contributed by atoms with van der Waals surface area (Å²) in [5.41, 5.74) is 2.24. The van der Waals surface area contributed by atoms with Crippen molar-refractivity contribution in [2.24, 2.45) is 5.92 Å². The van der Waals surface area contributed by atoms with Crippen LogP contribution in [-0.4, -0.2) is 11.1 Å². The highest BCUT2D eigenvalue weighted by Gasteiger charge is 2.18. The van der Waals surface area contributed by atoms with Gasteiger partial charge in [0.05, 0.1) is 10.9 Å². The molecule has 0 fully saturated rings. The molecule has 0 saturated carbocycles. The van der Waals surface area contributed by atoms with Gasteiger partial charge in [0.25, 0.3) is 0 Å². The largest absolute Gasteiger partial charge is 0.481 e. The molecule has 0 saturated heterocycles. The lowest BCUT2D eigenvalue weighted by Gasteiger charge is -2.14. The Morgan fingerprint density at radius 2 is 2.12 bits per heavy atom. The highest BCUT2D eigenvalue weighted by Crippen LogP contribution is 2.28. The van der Waals surface area contributed by atoms with E-state index in [-0.39, 0.29) is 11.4 Å². The van der Waals surface area contributed by atoms with E-state index in [1.54, 1.807) is 13.8 Å². The van der Waals surface area contributed by atoms with E-state index in [9.17, 15) is 9.18 Å². The summed E-state index contributed by atoms with van der Waals surface area (Å²) >= 11 is 5.85. The van der Waals surface area contributed by atoms with Gasteiger partial charge < -0.3 is 5.11 Å². The van der Waals surface area contributed by atoms with Gasteiger partial charge in [0.1, 0.15) is 5.82 Å². The molecule has 1 aromatic carbocycles. The third-order valence-corrected chi connectivity index (χ3v) is 3.20. The first kappa shape index (κ1) is 13.0. The maximum Gasteiger partial charge on any atom is 0.306 e. The van der Waals surface area contributed by atoms with Crippen LogP contribution >= 0.6 is 11.6 Å². The predicted molar refractivity (Wildman–Crippen MR) is 61.4 cm³/mol. The minimum absolute atomic E-state index is 0.0381. The molecule has 0 aliphatic rings. The van der Waals surface area contributed by atoms with E-state index in [4.69, 9.17) is 16.7 Å². The lowest BCUT2D eigenvalue weighted by molar-refractivity contribution is -0.141. The quantitative estimate of drug-likeness (QED) is 0.885. The van der Waals surface area contributed by atoms with Gasteiger partial charge in [0.15, 0.2) is 0 Å². The lowest BCUT2D eigenvalue weighted by Crippen LogP contribution is -2.14. The van der Waals surface area contributed by atoms with E-state index in [0.29, 0.717) is 5.56 Å².